The van der Waals surface area contributed by atoms with E-state index in [-0.39, 0.29) is 4.90 Å². The Kier molecular flexibility index (Phi) is 5.28. The van der Waals surface area contributed by atoms with Crippen molar-refractivity contribution in [3.63, 3.8) is 0 Å². The molecule has 2 aromatic rings. The Bertz CT molecular complexity index is 770. The summed E-state index contributed by atoms with van der Waals surface area (Å²) in [6.07, 6.45) is 1.54. The van der Waals surface area contributed by atoms with Crippen molar-refractivity contribution < 1.29 is 22.6 Å². The maximum atomic E-state index is 12.5. The normalized spacial score (nSPS) is 11.4. The molecule has 0 spiro atoms. The third kappa shape index (κ3) is 3.84. The van der Waals surface area contributed by atoms with E-state index in [1.54, 1.807) is 6.08 Å². The second kappa shape index (κ2) is 7.19. The first-order valence-electron chi connectivity index (χ1n) is 6.80. The first kappa shape index (κ1) is 16.9. The van der Waals surface area contributed by atoms with Crippen LogP contribution in [0.1, 0.15) is 5.56 Å². The van der Waals surface area contributed by atoms with Gasteiger partial charge >= 0.3 is 0 Å². The predicted molar refractivity (Wildman–Crippen MR) is 88.8 cm³/mol. The molecule has 0 N–H and O–H groups in total. The van der Waals surface area contributed by atoms with Gasteiger partial charge in [-0.3, -0.25) is 0 Å². The molecule has 2 rings (SSSR count). The van der Waals surface area contributed by atoms with E-state index in [9.17, 15) is 8.42 Å². The fourth-order valence-corrected chi connectivity index (χ4v) is 3.07. The van der Waals surface area contributed by atoms with Gasteiger partial charge in [-0.1, -0.05) is 30.3 Å². The highest BCUT2D eigenvalue weighted by Crippen LogP contribution is 2.39. The number of rotatable bonds is 6. The summed E-state index contributed by atoms with van der Waals surface area (Å²) in [5, 5.41) is 1.16. The number of hydrogen-bond donors (Lipinski definition) is 0. The second-order valence-corrected chi connectivity index (χ2v) is 6.45. The number of ether oxygens (including phenoxy) is 3. The van der Waals surface area contributed by atoms with Gasteiger partial charge < -0.3 is 14.2 Å². The Morgan fingerprint density at radius 2 is 1.43 bits per heavy atom. The number of sulfone groups is 1. The van der Waals surface area contributed by atoms with Crippen molar-refractivity contribution >= 4 is 15.9 Å². The highest BCUT2D eigenvalue weighted by Gasteiger charge is 2.19. The molecule has 0 heterocycles. The lowest BCUT2D eigenvalue weighted by Crippen LogP contribution is -2.01. The highest BCUT2D eigenvalue weighted by atomic mass is 32.2. The fourth-order valence-electron chi connectivity index (χ4n) is 2.03. The summed E-state index contributed by atoms with van der Waals surface area (Å²) in [5.41, 5.74) is 0.795. The first-order valence-corrected chi connectivity index (χ1v) is 8.34. The minimum atomic E-state index is -3.64. The summed E-state index contributed by atoms with van der Waals surface area (Å²) in [5.74, 6) is 0.929. The van der Waals surface area contributed by atoms with Crippen LogP contribution >= 0.6 is 0 Å². The van der Waals surface area contributed by atoms with Gasteiger partial charge in [0.25, 0.3) is 0 Å². The summed E-state index contributed by atoms with van der Waals surface area (Å²) in [6, 6.07) is 12.0. The predicted octanol–water partition coefficient (Wildman–Crippen LogP) is 3.16. The molecule has 122 valence electrons. The molecule has 23 heavy (non-hydrogen) atoms. The summed E-state index contributed by atoms with van der Waals surface area (Å²) in [7, 11) is 0.693. The molecule has 0 aliphatic rings. The van der Waals surface area contributed by atoms with Gasteiger partial charge in [0, 0.05) is 17.5 Å². The lowest BCUT2D eigenvalue weighted by atomic mass is 10.2. The summed E-state index contributed by atoms with van der Waals surface area (Å²) in [4.78, 5) is 0.0687. The molecule has 0 saturated carbocycles. The molecule has 0 aromatic heterocycles. The Hall–Kier alpha value is -2.47. The van der Waals surface area contributed by atoms with Gasteiger partial charge in [-0.25, -0.2) is 8.42 Å². The van der Waals surface area contributed by atoms with E-state index in [1.807, 2.05) is 30.3 Å². The summed E-state index contributed by atoms with van der Waals surface area (Å²) >= 11 is 0. The molecule has 5 nitrogen and oxygen atoms in total. The smallest absolute Gasteiger partial charge is 0.203 e. The topological polar surface area (TPSA) is 61.8 Å². The maximum absolute atomic E-state index is 12.5. The van der Waals surface area contributed by atoms with Crippen molar-refractivity contribution in [1.82, 2.24) is 0 Å². The molecular formula is C17H18O5S. The van der Waals surface area contributed by atoms with Gasteiger partial charge in [0.15, 0.2) is 21.3 Å². The Labute approximate surface area is 136 Å². The Balaban J connectivity index is 2.45. The van der Waals surface area contributed by atoms with Crippen LogP contribution in [0.3, 0.4) is 0 Å². The van der Waals surface area contributed by atoms with E-state index in [0.29, 0.717) is 17.2 Å². The molecule has 0 radical (unpaired) electrons. The van der Waals surface area contributed by atoms with Gasteiger partial charge in [-0.15, -0.1) is 0 Å². The fraction of sp³-hybridized carbons (Fsp3) is 0.176. The second-order valence-electron chi connectivity index (χ2n) is 4.62. The third-order valence-electron chi connectivity index (χ3n) is 3.21. The summed E-state index contributed by atoms with van der Waals surface area (Å²) < 4.78 is 40.6. The summed E-state index contributed by atoms with van der Waals surface area (Å²) in [6.45, 7) is 0. The van der Waals surface area contributed by atoms with Gasteiger partial charge in [-0.05, 0) is 11.6 Å². The van der Waals surface area contributed by atoms with Crippen LogP contribution in [0, 0.1) is 0 Å². The van der Waals surface area contributed by atoms with E-state index in [4.69, 9.17) is 14.2 Å². The average Bonchev–Trinajstić information content (AvgIpc) is 2.59. The largest absolute Gasteiger partial charge is 0.493 e. The molecule has 0 fully saturated rings. The number of hydrogen-bond acceptors (Lipinski definition) is 5. The standard InChI is InChI=1S/C17H18O5S/c1-20-15-11-14(12-16(21-2)17(15)22-3)23(18,19)10-9-13-7-5-4-6-8-13/h4-12H,1-3H3. The zero-order valence-corrected chi connectivity index (χ0v) is 14.0. The molecule has 0 amide bonds. The van der Waals surface area contributed by atoms with Gasteiger partial charge in [0.1, 0.15) is 0 Å². The molecule has 0 atom stereocenters. The number of methoxy groups -OCH3 is 3. The van der Waals surface area contributed by atoms with E-state index in [1.165, 1.54) is 33.5 Å². The van der Waals surface area contributed by atoms with Crippen molar-refractivity contribution in [3.05, 3.63) is 53.4 Å². The van der Waals surface area contributed by atoms with Crippen molar-refractivity contribution in [2.45, 2.75) is 4.90 Å². The van der Waals surface area contributed by atoms with Crippen molar-refractivity contribution in [1.29, 1.82) is 0 Å². The third-order valence-corrected chi connectivity index (χ3v) is 4.59. The Morgan fingerprint density at radius 3 is 1.91 bits per heavy atom. The van der Waals surface area contributed by atoms with Crippen molar-refractivity contribution in [2.24, 2.45) is 0 Å². The zero-order chi connectivity index (χ0) is 16.9. The van der Waals surface area contributed by atoms with Crippen LogP contribution < -0.4 is 14.2 Å². The maximum Gasteiger partial charge on any atom is 0.203 e. The molecule has 6 heteroatoms. The Morgan fingerprint density at radius 1 is 0.870 bits per heavy atom. The van der Waals surface area contributed by atoms with Crippen LogP contribution in [-0.2, 0) is 9.84 Å². The molecular weight excluding hydrogens is 316 g/mol. The molecule has 0 bridgehead atoms. The SMILES string of the molecule is COc1cc(S(=O)(=O)C=Cc2ccccc2)cc(OC)c1OC. The van der Waals surface area contributed by atoms with Gasteiger partial charge in [0.2, 0.25) is 5.75 Å². The first-order chi connectivity index (χ1) is 11.0. The monoisotopic (exact) mass is 334 g/mol. The van der Waals surface area contributed by atoms with Gasteiger partial charge in [0.05, 0.1) is 26.2 Å². The lowest BCUT2D eigenvalue weighted by Gasteiger charge is -2.13. The van der Waals surface area contributed by atoms with Crippen LogP contribution in [0.4, 0.5) is 0 Å². The van der Waals surface area contributed by atoms with Crippen LogP contribution in [-0.4, -0.2) is 29.7 Å². The highest BCUT2D eigenvalue weighted by molar-refractivity contribution is 7.94. The minimum absolute atomic E-state index is 0.0687. The lowest BCUT2D eigenvalue weighted by molar-refractivity contribution is 0.323. The van der Waals surface area contributed by atoms with E-state index in [0.717, 1.165) is 11.0 Å². The molecule has 0 saturated heterocycles. The van der Waals surface area contributed by atoms with E-state index in [2.05, 4.69) is 0 Å². The van der Waals surface area contributed by atoms with Crippen molar-refractivity contribution in [3.8, 4) is 17.2 Å². The quantitative estimate of drug-likeness (QED) is 0.812. The van der Waals surface area contributed by atoms with E-state index >= 15 is 0 Å². The molecule has 2 aromatic carbocycles. The van der Waals surface area contributed by atoms with E-state index < -0.39 is 9.84 Å². The number of benzene rings is 2. The zero-order valence-electron chi connectivity index (χ0n) is 13.1. The van der Waals surface area contributed by atoms with Crippen LogP contribution in [0.5, 0.6) is 17.2 Å². The van der Waals surface area contributed by atoms with Crippen LogP contribution in [0.2, 0.25) is 0 Å². The minimum Gasteiger partial charge on any atom is -0.493 e. The van der Waals surface area contributed by atoms with Crippen LogP contribution in [0.25, 0.3) is 6.08 Å². The molecule has 0 unspecified atom stereocenters. The molecule has 0 aliphatic heterocycles. The van der Waals surface area contributed by atoms with Gasteiger partial charge in [-0.2, -0.15) is 0 Å². The van der Waals surface area contributed by atoms with Crippen LogP contribution in [0.15, 0.2) is 52.8 Å². The molecule has 0 aliphatic carbocycles. The van der Waals surface area contributed by atoms with Crippen molar-refractivity contribution in [2.75, 3.05) is 21.3 Å². The average molecular weight is 334 g/mol.